The Kier molecular flexibility index (Phi) is 16.9. The second kappa shape index (κ2) is 16.5. The quantitative estimate of drug-likeness (QED) is 0.376. The van der Waals surface area contributed by atoms with Gasteiger partial charge >= 0.3 is 0 Å². The normalized spacial score (nSPS) is 14.0. The molecule has 0 radical (unpaired) electrons. The van der Waals surface area contributed by atoms with Gasteiger partial charge in [-0.2, -0.15) is 0 Å². The Balaban J connectivity index is 0. The van der Waals surface area contributed by atoms with Gasteiger partial charge in [-0.3, -0.25) is 14.4 Å². The van der Waals surface area contributed by atoms with E-state index in [1.165, 1.54) is 6.92 Å². The number of ketones is 1. The molecule has 0 aliphatic heterocycles. The van der Waals surface area contributed by atoms with Crippen molar-refractivity contribution in [1.29, 1.82) is 0 Å². The van der Waals surface area contributed by atoms with Gasteiger partial charge in [0.1, 0.15) is 0 Å². The lowest BCUT2D eigenvalue weighted by molar-refractivity contribution is -0.128. The molecule has 0 spiro atoms. The van der Waals surface area contributed by atoms with Crippen LogP contribution in [0.1, 0.15) is 74.7 Å². The van der Waals surface area contributed by atoms with Crippen LogP contribution in [0.3, 0.4) is 0 Å². The third kappa shape index (κ3) is 15.6. The van der Waals surface area contributed by atoms with Gasteiger partial charge in [0.15, 0.2) is 5.78 Å². The molecule has 0 bridgehead atoms. The Hall–Kier alpha value is -1.47. The molecule has 0 saturated heterocycles. The number of amides is 2. The number of Topliss-reactive ketones (excluding diaryl/α,β-unsaturated/α-hetero) is 1. The second-order valence-electron chi connectivity index (χ2n) is 8.00. The molecule has 4 N–H and O–H groups in total. The molecule has 0 saturated carbocycles. The maximum absolute atomic E-state index is 11.5. The maximum atomic E-state index is 11.5. The number of rotatable bonds is 12. The first-order valence-corrected chi connectivity index (χ1v) is 10.5. The standard InChI is InChI=1S/C11H22N2O2.C10H22N2O/c1-7(2)6-10(9(4)14)13-11(15)8(3)12-5;1-5-6-7-11-10(13)9(4)12-8(2)3/h7-8,10,12H,6H2,1-5H3,(H,13,15);8-9,12H,5-7H2,1-4H3,(H,11,13)/t8-,10-;9-/m00/s1. The fraction of sp³-hybridized carbons (Fsp3) is 0.857. The molecule has 7 heteroatoms. The topological polar surface area (TPSA) is 99.3 Å². The monoisotopic (exact) mass is 400 g/mol. The van der Waals surface area contributed by atoms with E-state index in [0.29, 0.717) is 18.4 Å². The van der Waals surface area contributed by atoms with Gasteiger partial charge in [-0.1, -0.05) is 41.0 Å². The van der Waals surface area contributed by atoms with Crippen LogP contribution in [0.15, 0.2) is 0 Å². The number of unbranched alkanes of at least 4 members (excludes halogenated alkanes) is 1. The molecule has 0 unspecified atom stereocenters. The van der Waals surface area contributed by atoms with E-state index >= 15 is 0 Å². The number of nitrogens with one attached hydrogen (secondary N) is 4. The highest BCUT2D eigenvalue weighted by Gasteiger charge is 2.20. The Labute approximate surface area is 172 Å². The summed E-state index contributed by atoms with van der Waals surface area (Å²) in [7, 11) is 1.72. The summed E-state index contributed by atoms with van der Waals surface area (Å²) < 4.78 is 0. The molecule has 166 valence electrons. The van der Waals surface area contributed by atoms with Crippen molar-refractivity contribution < 1.29 is 14.4 Å². The van der Waals surface area contributed by atoms with Crippen LogP contribution in [0, 0.1) is 5.92 Å². The van der Waals surface area contributed by atoms with E-state index < -0.39 is 0 Å². The van der Waals surface area contributed by atoms with E-state index in [1.807, 2.05) is 34.6 Å². The number of likely N-dealkylation sites (N-methyl/N-ethyl adjacent to an activating group) is 1. The van der Waals surface area contributed by atoms with Crippen LogP contribution in [0.5, 0.6) is 0 Å². The van der Waals surface area contributed by atoms with Crippen molar-refractivity contribution in [3.8, 4) is 0 Å². The summed E-state index contributed by atoms with van der Waals surface area (Å²) >= 11 is 0. The third-order valence-corrected chi connectivity index (χ3v) is 4.15. The van der Waals surface area contributed by atoms with Crippen LogP contribution >= 0.6 is 0 Å². The number of hydrogen-bond acceptors (Lipinski definition) is 5. The van der Waals surface area contributed by atoms with Gasteiger partial charge in [-0.15, -0.1) is 0 Å². The van der Waals surface area contributed by atoms with Crippen LogP contribution in [0.25, 0.3) is 0 Å². The highest BCUT2D eigenvalue weighted by atomic mass is 16.2. The molecule has 0 aromatic carbocycles. The molecule has 0 aromatic rings. The minimum Gasteiger partial charge on any atom is -0.355 e. The van der Waals surface area contributed by atoms with Gasteiger partial charge in [0.25, 0.3) is 0 Å². The first kappa shape index (κ1) is 28.7. The summed E-state index contributed by atoms with van der Waals surface area (Å²) in [6, 6.07) is -0.351. The first-order valence-electron chi connectivity index (χ1n) is 10.5. The summed E-state index contributed by atoms with van der Waals surface area (Å²) in [5, 5.41) is 11.6. The average molecular weight is 401 g/mol. The Morgan fingerprint density at radius 3 is 1.86 bits per heavy atom. The molecular weight excluding hydrogens is 356 g/mol. The van der Waals surface area contributed by atoms with E-state index in [4.69, 9.17) is 0 Å². The van der Waals surface area contributed by atoms with Crippen LogP contribution < -0.4 is 21.3 Å². The highest BCUT2D eigenvalue weighted by Crippen LogP contribution is 2.05. The van der Waals surface area contributed by atoms with Crippen molar-refractivity contribution in [2.24, 2.45) is 5.92 Å². The minimum atomic E-state index is -0.353. The Morgan fingerprint density at radius 1 is 0.893 bits per heavy atom. The predicted octanol–water partition coefficient (Wildman–Crippen LogP) is 2.00. The molecule has 0 rings (SSSR count). The fourth-order valence-corrected chi connectivity index (χ4v) is 2.34. The summed E-state index contributed by atoms with van der Waals surface area (Å²) in [6.45, 7) is 16.2. The zero-order chi connectivity index (χ0) is 22.3. The molecule has 0 aliphatic rings. The lowest BCUT2D eigenvalue weighted by Gasteiger charge is -2.20. The van der Waals surface area contributed by atoms with E-state index in [-0.39, 0.29) is 35.7 Å². The van der Waals surface area contributed by atoms with Gasteiger partial charge in [0, 0.05) is 12.6 Å². The zero-order valence-corrected chi connectivity index (χ0v) is 19.4. The van der Waals surface area contributed by atoms with Gasteiger partial charge < -0.3 is 21.3 Å². The number of carbonyl (C=O) groups is 3. The van der Waals surface area contributed by atoms with E-state index in [2.05, 4.69) is 28.2 Å². The van der Waals surface area contributed by atoms with E-state index in [9.17, 15) is 14.4 Å². The van der Waals surface area contributed by atoms with Gasteiger partial charge in [0.2, 0.25) is 11.8 Å². The molecule has 28 heavy (non-hydrogen) atoms. The summed E-state index contributed by atoms with van der Waals surface area (Å²) in [6.07, 6.45) is 2.86. The Morgan fingerprint density at radius 2 is 1.46 bits per heavy atom. The zero-order valence-electron chi connectivity index (χ0n) is 19.4. The van der Waals surface area contributed by atoms with E-state index in [1.54, 1.807) is 14.0 Å². The number of hydrogen-bond donors (Lipinski definition) is 4. The lowest BCUT2D eigenvalue weighted by Crippen LogP contribution is -2.48. The van der Waals surface area contributed by atoms with Crippen LogP contribution in [-0.4, -0.2) is 55.4 Å². The van der Waals surface area contributed by atoms with Gasteiger partial charge in [-0.25, -0.2) is 0 Å². The average Bonchev–Trinajstić information content (AvgIpc) is 2.59. The van der Waals surface area contributed by atoms with Crippen LogP contribution in [0.4, 0.5) is 0 Å². The Bertz CT molecular complexity index is 453. The lowest BCUT2D eigenvalue weighted by atomic mass is 10.0. The van der Waals surface area contributed by atoms with Crippen LogP contribution in [-0.2, 0) is 14.4 Å². The van der Waals surface area contributed by atoms with Gasteiger partial charge in [0.05, 0.1) is 18.1 Å². The molecule has 0 heterocycles. The SMILES string of the molecule is CCCCNC(=O)[C@H](C)NC(C)C.CN[C@@H](C)C(=O)N[C@@H](CC(C)C)C(C)=O. The van der Waals surface area contributed by atoms with Crippen molar-refractivity contribution in [1.82, 2.24) is 21.3 Å². The predicted molar refractivity (Wildman–Crippen MR) is 116 cm³/mol. The number of carbonyl (C=O) groups excluding carboxylic acids is 3. The van der Waals surface area contributed by atoms with Crippen molar-refractivity contribution in [2.45, 2.75) is 98.8 Å². The smallest absolute Gasteiger partial charge is 0.237 e. The fourth-order valence-electron chi connectivity index (χ4n) is 2.34. The van der Waals surface area contributed by atoms with E-state index in [0.717, 1.165) is 19.4 Å². The first-order chi connectivity index (χ1) is 13.0. The molecular formula is C21H44N4O3. The van der Waals surface area contributed by atoms with Gasteiger partial charge in [-0.05, 0) is 46.6 Å². The molecule has 7 nitrogen and oxygen atoms in total. The van der Waals surface area contributed by atoms with Crippen molar-refractivity contribution in [3.05, 3.63) is 0 Å². The minimum absolute atomic E-state index is 0.0142. The largest absolute Gasteiger partial charge is 0.355 e. The molecule has 0 fully saturated rings. The van der Waals surface area contributed by atoms with Crippen molar-refractivity contribution in [3.63, 3.8) is 0 Å². The molecule has 2 amide bonds. The van der Waals surface area contributed by atoms with Crippen molar-refractivity contribution >= 4 is 17.6 Å². The summed E-state index contributed by atoms with van der Waals surface area (Å²) in [4.78, 5) is 34.2. The maximum Gasteiger partial charge on any atom is 0.237 e. The summed E-state index contributed by atoms with van der Waals surface area (Å²) in [5.74, 6) is 0.380. The highest BCUT2D eigenvalue weighted by molar-refractivity contribution is 5.89. The molecule has 3 atom stereocenters. The second-order valence-corrected chi connectivity index (χ2v) is 8.00. The molecule has 0 aromatic heterocycles. The molecule has 0 aliphatic carbocycles. The third-order valence-electron chi connectivity index (χ3n) is 4.15. The van der Waals surface area contributed by atoms with Crippen molar-refractivity contribution in [2.75, 3.05) is 13.6 Å². The van der Waals surface area contributed by atoms with Crippen LogP contribution in [0.2, 0.25) is 0 Å². The summed E-state index contributed by atoms with van der Waals surface area (Å²) in [5.41, 5.74) is 0.